The minimum Gasteiger partial charge on any atom is -0.356 e. The first-order valence-corrected chi connectivity index (χ1v) is 7.67. The topological polar surface area (TPSA) is 62.3 Å². The summed E-state index contributed by atoms with van der Waals surface area (Å²) in [7, 11) is 0. The maximum absolute atomic E-state index is 12.7. The molecule has 0 saturated carbocycles. The second kappa shape index (κ2) is 7.20. The van der Waals surface area contributed by atoms with Crippen LogP contribution in [0.5, 0.6) is 0 Å². The molecule has 21 heavy (non-hydrogen) atoms. The first-order chi connectivity index (χ1) is 10.2. The van der Waals surface area contributed by atoms with Gasteiger partial charge in [-0.2, -0.15) is 0 Å². The van der Waals surface area contributed by atoms with Crippen LogP contribution in [0.25, 0.3) is 0 Å². The highest BCUT2D eigenvalue weighted by molar-refractivity contribution is 5.96. The van der Waals surface area contributed by atoms with Gasteiger partial charge in [0.1, 0.15) is 0 Å². The molecule has 1 aliphatic heterocycles. The van der Waals surface area contributed by atoms with Gasteiger partial charge in [-0.25, -0.2) is 0 Å². The monoisotopic (exact) mass is 289 g/mol. The van der Waals surface area contributed by atoms with E-state index in [1.165, 1.54) is 0 Å². The van der Waals surface area contributed by atoms with E-state index in [1.807, 2.05) is 13.8 Å². The second-order valence-corrected chi connectivity index (χ2v) is 5.37. The normalized spacial score (nSPS) is 18.4. The quantitative estimate of drug-likeness (QED) is 0.916. The van der Waals surface area contributed by atoms with Crippen LogP contribution >= 0.6 is 0 Å². The molecule has 0 bridgehead atoms. The molecule has 0 unspecified atom stereocenters. The van der Waals surface area contributed by atoms with E-state index < -0.39 is 0 Å². The molecule has 1 N–H and O–H groups in total. The molecule has 5 nitrogen and oxygen atoms in total. The Bertz CT molecular complexity index is 516. The van der Waals surface area contributed by atoms with Crippen molar-refractivity contribution in [3.8, 4) is 0 Å². The Kier molecular flexibility index (Phi) is 5.31. The number of aryl methyl sites for hydroxylation is 1. The van der Waals surface area contributed by atoms with Crippen molar-refractivity contribution in [3.63, 3.8) is 0 Å². The minimum absolute atomic E-state index is 0.0169. The number of piperidine rings is 1. The number of pyridine rings is 1. The fourth-order valence-corrected chi connectivity index (χ4v) is 2.78. The van der Waals surface area contributed by atoms with Crippen LogP contribution in [0.2, 0.25) is 0 Å². The van der Waals surface area contributed by atoms with Crippen molar-refractivity contribution in [2.24, 2.45) is 5.92 Å². The zero-order chi connectivity index (χ0) is 15.2. The third kappa shape index (κ3) is 3.60. The molecule has 1 aliphatic rings. The van der Waals surface area contributed by atoms with E-state index in [9.17, 15) is 9.59 Å². The second-order valence-electron chi connectivity index (χ2n) is 5.37. The average molecular weight is 289 g/mol. The molecule has 1 aromatic rings. The first-order valence-electron chi connectivity index (χ1n) is 7.67. The van der Waals surface area contributed by atoms with Gasteiger partial charge in [0.25, 0.3) is 5.91 Å². The Labute approximate surface area is 125 Å². The van der Waals surface area contributed by atoms with Crippen LogP contribution in [-0.4, -0.2) is 41.3 Å². The fraction of sp³-hybridized carbons (Fsp3) is 0.562. The molecule has 0 aliphatic carbocycles. The Hall–Kier alpha value is -1.91. The number of carbonyl (C=O) groups is 2. The van der Waals surface area contributed by atoms with Crippen molar-refractivity contribution in [2.45, 2.75) is 33.1 Å². The molecule has 1 atom stereocenters. The van der Waals surface area contributed by atoms with Crippen LogP contribution in [0, 0.1) is 5.92 Å². The number of carbonyl (C=O) groups excluding carboxylic acids is 2. The first kappa shape index (κ1) is 15.5. The highest BCUT2D eigenvalue weighted by Crippen LogP contribution is 2.20. The van der Waals surface area contributed by atoms with Crippen LogP contribution in [0.15, 0.2) is 18.5 Å². The lowest BCUT2D eigenvalue weighted by Crippen LogP contribution is -2.45. The van der Waals surface area contributed by atoms with Gasteiger partial charge in [-0.05, 0) is 37.8 Å². The van der Waals surface area contributed by atoms with Gasteiger partial charge in [-0.1, -0.05) is 6.92 Å². The Balaban J connectivity index is 2.10. The molecular weight excluding hydrogens is 266 g/mol. The molecule has 0 spiro atoms. The predicted molar refractivity (Wildman–Crippen MR) is 80.9 cm³/mol. The predicted octanol–water partition coefficient (Wildman–Crippen LogP) is 1.63. The molecule has 2 rings (SSSR count). The van der Waals surface area contributed by atoms with E-state index in [4.69, 9.17) is 0 Å². The summed E-state index contributed by atoms with van der Waals surface area (Å²) in [6.07, 6.45) is 5.91. The van der Waals surface area contributed by atoms with Gasteiger partial charge < -0.3 is 10.2 Å². The maximum Gasteiger partial charge on any atom is 0.254 e. The van der Waals surface area contributed by atoms with Crippen molar-refractivity contribution in [2.75, 3.05) is 19.6 Å². The van der Waals surface area contributed by atoms with Gasteiger partial charge in [0.05, 0.1) is 5.92 Å². The molecule has 0 radical (unpaired) electrons. The molecule has 5 heteroatoms. The average Bonchev–Trinajstić information content (AvgIpc) is 2.54. The highest BCUT2D eigenvalue weighted by atomic mass is 16.2. The molecule has 1 fully saturated rings. The number of nitrogens with one attached hydrogen (secondary N) is 1. The number of hydrogen-bond donors (Lipinski definition) is 1. The van der Waals surface area contributed by atoms with Crippen LogP contribution in [0.1, 0.15) is 42.6 Å². The van der Waals surface area contributed by atoms with Gasteiger partial charge in [0, 0.05) is 37.6 Å². The molecular formula is C16H23N3O2. The van der Waals surface area contributed by atoms with Gasteiger partial charge in [-0.15, -0.1) is 0 Å². The number of likely N-dealkylation sites (tertiary alicyclic amines) is 1. The Morgan fingerprint density at radius 2 is 2.24 bits per heavy atom. The zero-order valence-corrected chi connectivity index (χ0v) is 12.8. The van der Waals surface area contributed by atoms with Crippen LogP contribution < -0.4 is 5.32 Å². The van der Waals surface area contributed by atoms with E-state index in [-0.39, 0.29) is 17.7 Å². The van der Waals surface area contributed by atoms with Crippen molar-refractivity contribution >= 4 is 11.8 Å². The van der Waals surface area contributed by atoms with Gasteiger partial charge >= 0.3 is 0 Å². The molecule has 114 valence electrons. The molecule has 2 heterocycles. The lowest BCUT2D eigenvalue weighted by molar-refractivity contribution is -0.126. The number of nitrogens with zero attached hydrogens (tertiary/aromatic N) is 2. The van der Waals surface area contributed by atoms with E-state index in [0.29, 0.717) is 18.7 Å². The third-order valence-corrected chi connectivity index (χ3v) is 3.95. The minimum atomic E-state index is -0.0884. The summed E-state index contributed by atoms with van der Waals surface area (Å²) < 4.78 is 0. The van der Waals surface area contributed by atoms with Crippen LogP contribution in [-0.2, 0) is 11.2 Å². The van der Waals surface area contributed by atoms with E-state index in [0.717, 1.165) is 31.4 Å². The van der Waals surface area contributed by atoms with Gasteiger partial charge in [-0.3, -0.25) is 14.6 Å². The number of hydrogen-bond acceptors (Lipinski definition) is 3. The van der Waals surface area contributed by atoms with E-state index >= 15 is 0 Å². The SMILES string of the molecule is CCNC(=O)[C@@H]1CCCN(C(=O)c2ccncc2CC)C1. The largest absolute Gasteiger partial charge is 0.356 e. The summed E-state index contributed by atoms with van der Waals surface area (Å²) in [5, 5.41) is 2.85. The van der Waals surface area contributed by atoms with Crippen molar-refractivity contribution < 1.29 is 9.59 Å². The van der Waals surface area contributed by atoms with Gasteiger partial charge in [0.2, 0.25) is 5.91 Å². The summed E-state index contributed by atoms with van der Waals surface area (Å²) in [5.74, 6) is -0.0155. The van der Waals surface area contributed by atoms with E-state index in [1.54, 1.807) is 23.4 Å². The Morgan fingerprint density at radius 3 is 2.95 bits per heavy atom. The number of rotatable bonds is 4. The van der Waals surface area contributed by atoms with Crippen LogP contribution in [0.3, 0.4) is 0 Å². The molecule has 1 aromatic heterocycles. The van der Waals surface area contributed by atoms with Crippen LogP contribution in [0.4, 0.5) is 0 Å². The smallest absolute Gasteiger partial charge is 0.254 e. The Morgan fingerprint density at radius 1 is 1.43 bits per heavy atom. The van der Waals surface area contributed by atoms with Crippen molar-refractivity contribution in [1.29, 1.82) is 0 Å². The highest BCUT2D eigenvalue weighted by Gasteiger charge is 2.29. The fourth-order valence-electron chi connectivity index (χ4n) is 2.78. The third-order valence-electron chi connectivity index (χ3n) is 3.95. The summed E-state index contributed by atoms with van der Waals surface area (Å²) in [4.78, 5) is 30.5. The number of amides is 2. The summed E-state index contributed by atoms with van der Waals surface area (Å²) in [6.45, 7) is 5.79. The lowest BCUT2D eigenvalue weighted by Gasteiger charge is -2.32. The number of aromatic nitrogens is 1. The lowest BCUT2D eigenvalue weighted by atomic mass is 9.96. The van der Waals surface area contributed by atoms with Gasteiger partial charge in [0.15, 0.2) is 0 Å². The van der Waals surface area contributed by atoms with E-state index in [2.05, 4.69) is 10.3 Å². The van der Waals surface area contributed by atoms with Crippen molar-refractivity contribution in [3.05, 3.63) is 29.6 Å². The molecule has 1 saturated heterocycles. The molecule has 2 amide bonds. The maximum atomic E-state index is 12.7. The standard InChI is InChI=1S/C16H23N3O2/c1-3-12-10-17-8-7-14(12)16(21)19-9-5-6-13(11-19)15(20)18-4-2/h7-8,10,13H,3-6,9,11H2,1-2H3,(H,18,20)/t13-/m1/s1. The molecule has 0 aromatic carbocycles. The summed E-state index contributed by atoms with van der Waals surface area (Å²) >= 11 is 0. The summed E-state index contributed by atoms with van der Waals surface area (Å²) in [6, 6.07) is 1.77. The summed E-state index contributed by atoms with van der Waals surface area (Å²) in [5.41, 5.74) is 1.67. The van der Waals surface area contributed by atoms with Crippen molar-refractivity contribution in [1.82, 2.24) is 15.2 Å². The zero-order valence-electron chi connectivity index (χ0n) is 12.8.